The van der Waals surface area contributed by atoms with Crippen LogP contribution in [0.5, 0.6) is 0 Å². The normalized spacial score (nSPS) is 12.3. The van der Waals surface area contributed by atoms with Gasteiger partial charge >= 0.3 is 0 Å². The van der Waals surface area contributed by atoms with E-state index < -0.39 is 22.8 Å². The van der Waals surface area contributed by atoms with Gasteiger partial charge in [0, 0.05) is 44.5 Å². The number of nitrogens with zero attached hydrogens (tertiary/aromatic N) is 8. The van der Waals surface area contributed by atoms with Crippen LogP contribution < -0.4 is 0 Å². The van der Waals surface area contributed by atoms with Crippen molar-refractivity contribution in [2.45, 2.75) is 0 Å². The summed E-state index contributed by atoms with van der Waals surface area (Å²) in [6.07, 6.45) is 0. The molecule has 5 rings (SSSR count). The quantitative estimate of drug-likeness (QED) is 0.327. The number of benzene rings is 3. The van der Waals surface area contributed by atoms with Gasteiger partial charge in [0.1, 0.15) is 71.3 Å². The van der Waals surface area contributed by atoms with Crippen LogP contribution in [0.2, 0.25) is 0 Å². The molecule has 3 aromatic carbocycles. The number of allylic oxidation sites excluding steroid dienone is 8. The van der Waals surface area contributed by atoms with E-state index in [-0.39, 0.29) is 77.9 Å². The smallest absolute Gasteiger partial charge is 0.138 e. The van der Waals surface area contributed by atoms with Gasteiger partial charge in [0.15, 0.2) is 0 Å². The Morgan fingerprint density at radius 3 is 1.00 bits per heavy atom. The molecular formula is C34H8F2N8. The Labute approximate surface area is 248 Å². The summed E-state index contributed by atoms with van der Waals surface area (Å²) in [5, 5.41) is 81.7. The summed E-state index contributed by atoms with van der Waals surface area (Å²) in [6.45, 7) is 0. The first-order valence-electron chi connectivity index (χ1n) is 12.3. The van der Waals surface area contributed by atoms with E-state index in [1.807, 2.05) is 24.3 Å². The Bertz CT molecular complexity index is 2150. The third-order valence-corrected chi connectivity index (χ3v) is 7.16. The molecule has 44 heavy (non-hydrogen) atoms. The minimum atomic E-state index is -0.614. The zero-order valence-electron chi connectivity index (χ0n) is 22.0. The number of fused-ring (bicyclic) bond motifs is 2. The molecule has 0 aromatic heterocycles. The zero-order valence-corrected chi connectivity index (χ0v) is 22.0. The summed E-state index contributed by atoms with van der Waals surface area (Å²) in [7, 11) is 0. The highest BCUT2D eigenvalue weighted by Gasteiger charge is 2.43. The number of hydrogen-bond acceptors (Lipinski definition) is 8. The van der Waals surface area contributed by atoms with Crippen LogP contribution in [0.1, 0.15) is 44.5 Å². The second-order valence-corrected chi connectivity index (χ2v) is 9.16. The molecule has 2 aliphatic carbocycles. The molecule has 0 unspecified atom stereocenters. The molecule has 0 amide bonds. The highest BCUT2D eigenvalue weighted by Crippen LogP contribution is 2.57. The van der Waals surface area contributed by atoms with Gasteiger partial charge in [-0.25, -0.2) is 8.78 Å². The van der Waals surface area contributed by atoms with E-state index >= 15 is 0 Å². The predicted molar refractivity (Wildman–Crippen MR) is 150 cm³/mol. The summed E-state index contributed by atoms with van der Waals surface area (Å²) in [5.74, 6) is -1.23. The predicted octanol–water partition coefficient (Wildman–Crippen LogP) is 6.21. The Hall–Kier alpha value is -7.60. The minimum Gasteiger partial charge on any atom is -0.207 e. The fourth-order valence-electron chi connectivity index (χ4n) is 5.53. The molecule has 0 saturated heterocycles. The van der Waals surface area contributed by atoms with Crippen LogP contribution in [-0.2, 0) is 0 Å². The van der Waals surface area contributed by atoms with Gasteiger partial charge in [0.25, 0.3) is 0 Å². The highest BCUT2D eigenvalue weighted by molar-refractivity contribution is 6.32. The van der Waals surface area contributed by atoms with E-state index in [2.05, 4.69) is 0 Å². The molecule has 0 N–H and O–H groups in total. The summed E-state index contributed by atoms with van der Waals surface area (Å²) in [4.78, 5) is 0. The van der Waals surface area contributed by atoms with E-state index in [4.69, 9.17) is 0 Å². The average Bonchev–Trinajstić information content (AvgIpc) is 3.56. The van der Waals surface area contributed by atoms with Gasteiger partial charge in [-0.1, -0.05) is 24.3 Å². The molecule has 0 heterocycles. The maximum Gasteiger partial charge on any atom is 0.138 e. The molecule has 10 heteroatoms. The third-order valence-electron chi connectivity index (χ3n) is 7.16. The summed E-state index contributed by atoms with van der Waals surface area (Å²) in [5.41, 5.74) is -2.77. The molecule has 8 nitrogen and oxygen atoms in total. The highest BCUT2D eigenvalue weighted by atomic mass is 19.1. The number of halogens is 2. The average molecular weight is 566 g/mol. The van der Waals surface area contributed by atoms with Crippen molar-refractivity contribution >= 4 is 33.4 Å². The van der Waals surface area contributed by atoms with Crippen LogP contribution in [-0.4, -0.2) is 0 Å². The molecule has 0 saturated carbocycles. The first kappa shape index (κ1) is 27.9. The monoisotopic (exact) mass is 566 g/mol. The summed E-state index contributed by atoms with van der Waals surface area (Å²) >= 11 is 0. The molecule has 0 radical (unpaired) electrons. The lowest BCUT2D eigenvalue weighted by Gasteiger charge is -2.15. The lowest BCUT2D eigenvalue weighted by Crippen LogP contribution is -2.05. The molecule has 0 aliphatic heterocycles. The molecule has 3 aromatic rings. The van der Waals surface area contributed by atoms with Gasteiger partial charge in [-0.15, -0.1) is 0 Å². The molecule has 2 aliphatic rings. The van der Waals surface area contributed by atoms with E-state index in [0.717, 1.165) is 24.3 Å². The largest absolute Gasteiger partial charge is 0.207 e. The summed E-state index contributed by atoms with van der Waals surface area (Å²) < 4.78 is 27.7. The molecule has 198 valence electrons. The van der Waals surface area contributed by atoms with Crippen LogP contribution in [0.25, 0.3) is 33.4 Å². The van der Waals surface area contributed by atoms with Gasteiger partial charge < -0.3 is 0 Å². The topological polar surface area (TPSA) is 190 Å². The van der Waals surface area contributed by atoms with Crippen molar-refractivity contribution in [2.24, 2.45) is 0 Å². The molecule has 0 fully saturated rings. The van der Waals surface area contributed by atoms with Crippen molar-refractivity contribution in [2.75, 3.05) is 0 Å². The number of rotatable bonds is 2. The summed E-state index contributed by atoms with van der Waals surface area (Å²) in [6, 6.07) is 24.5. The van der Waals surface area contributed by atoms with E-state index in [1.54, 1.807) is 24.3 Å². The maximum absolute atomic E-state index is 13.9. The van der Waals surface area contributed by atoms with Gasteiger partial charge in [-0.3, -0.25) is 0 Å². The molecular weight excluding hydrogens is 558 g/mol. The van der Waals surface area contributed by atoms with Gasteiger partial charge in [0.2, 0.25) is 0 Å². The van der Waals surface area contributed by atoms with Crippen LogP contribution in [0, 0.1) is 102 Å². The second kappa shape index (κ2) is 10.8. The number of hydrogen-bond donors (Lipinski definition) is 0. The van der Waals surface area contributed by atoms with Gasteiger partial charge in [0.05, 0.1) is 22.3 Å². The zero-order chi connectivity index (χ0) is 31.7. The lowest BCUT2D eigenvalue weighted by atomic mass is 9.82. The van der Waals surface area contributed by atoms with Crippen molar-refractivity contribution in [1.29, 1.82) is 42.1 Å². The Morgan fingerprint density at radius 1 is 0.432 bits per heavy atom. The third kappa shape index (κ3) is 3.81. The Kier molecular flexibility index (Phi) is 6.83. The minimum absolute atomic E-state index is 0.0233. The van der Waals surface area contributed by atoms with Crippen LogP contribution >= 0.6 is 0 Å². The van der Waals surface area contributed by atoms with Crippen LogP contribution in [0.3, 0.4) is 0 Å². The van der Waals surface area contributed by atoms with Crippen molar-refractivity contribution in [3.63, 3.8) is 0 Å². The van der Waals surface area contributed by atoms with Gasteiger partial charge in [-0.05, 0) is 35.4 Å². The second-order valence-electron chi connectivity index (χ2n) is 9.16. The Balaban J connectivity index is 2.11. The van der Waals surface area contributed by atoms with Gasteiger partial charge in [-0.2, -0.15) is 42.1 Å². The van der Waals surface area contributed by atoms with E-state index in [1.165, 1.54) is 24.3 Å². The van der Waals surface area contributed by atoms with Crippen molar-refractivity contribution in [3.05, 3.63) is 116 Å². The Morgan fingerprint density at radius 2 is 0.750 bits per heavy atom. The fourth-order valence-corrected chi connectivity index (χ4v) is 5.53. The molecule has 0 atom stereocenters. The van der Waals surface area contributed by atoms with E-state index in [0.29, 0.717) is 0 Å². The molecule has 0 spiro atoms. The maximum atomic E-state index is 13.9. The fraction of sp³-hybridized carbons (Fsp3) is 0. The van der Waals surface area contributed by atoms with Crippen LogP contribution in [0.15, 0.2) is 59.7 Å². The van der Waals surface area contributed by atoms with Crippen molar-refractivity contribution in [1.82, 2.24) is 0 Å². The first-order valence-corrected chi connectivity index (χ1v) is 12.3. The number of nitriles is 8. The van der Waals surface area contributed by atoms with Crippen molar-refractivity contribution < 1.29 is 8.78 Å². The van der Waals surface area contributed by atoms with Crippen molar-refractivity contribution in [3.8, 4) is 48.6 Å². The standard InChI is InChI=1S/C34H8F2N8/c35-21-5-1-17(2-6-21)27-23(13-41)31-25(15-43)34-30(20(11-39)12-40)28(18-3-7-22(36)8-4-18)24(14-42)32(34)26(16-44)33(31)29(27)19(9-37)10-38/h1-8H. The lowest BCUT2D eigenvalue weighted by molar-refractivity contribution is 0.627. The first-order chi connectivity index (χ1) is 21.3. The van der Waals surface area contributed by atoms with Crippen LogP contribution in [0.4, 0.5) is 8.78 Å². The molecule has 0 bridgehead atoms. The van der Waals surface area contributed by atoms with E-state index in [9.17, 15) is 50.9 Å². The SMILES string of the molecule is N#CC(C#N)=C1C(c2ccc(F)cc2)=C(C#N)c2c(C#N)c3c(c(C#N)c21)C(C#N)=C(c1ccc(F)cc1)C3=C(C#N)C#N.